The summed E-state index contributed by atoms with van der Waals surface area (Å²) in [6, 6.07) is 0. The van der Waals surface area contributed by atoms with Crippen LogP contribution in [0.2, 0.25) is 0 Å². The molecule has 16 heavy (non-hydrogen) atoms. The molecular weight excluding hydrogens is 208 g/mol. The molecule has 0 aromatic carbocycles. The molecular formula is C12H22O4. The fourth-order valence-electron chi connectivity index (χ4n) is 1.43. The fraction of sp³-hybridized carbons (Fsp3) is 0.833. The van der Waals surface area contributed by atoms with E-state index in [1.807, 2.05) is 6.92 Å². The highest BCUT2D eigenvalue weighted by molar-refractivity contribution is 5.79. The predicted octanol–water partition coefficient (Wildman–Crippen LogP) is 2.31. The smallest absolute Gasteiger partial charge is 0.309 e. The van der Waals surface area contributed by atoms with Gasteiger partial charge in [-0.3, -0.25) is 9.59 Å². The van der Waals surface area contributed by atoms with Gasteiger partial charge in [-0.2, -0.15) is 0 Å². The van der Waals surface area contributed by atoms with Crippen molar-refractivity contribution >= 4 is 11.9 Å². The monoisotopic (exact) mass is 230 g/mol. The third-order valence-electron chi connectivity index (χ3n) is 2.24. The van der Waals surface area contributed by atoms with Gasteiger partial charge in [-0.1, -0.05) is 19.8 Å². The Labute approximate surface area is 97.3 Å². The van der Waals surface area contributed by atoms with E-state index in [1.165, 1.54) is 0 Å². The summed E-state index contributed by atoms with van der Waals surface area (Å²) in [5.41, 5.74) is 0. The number of rotatable bonds is 8. The first-order valence-electron chi connectivity index (χ1n) is 5.97. The summed E-state index contributed by atoms with van der Waals surface area (Å²) in [5, 5.41) is 0. The van der Waals surface area contributed by atoms with Gasteiger partial charge in [0.15, 0.2) is 0 Å². The zero-order chi connectivity index (χ0) is 12.4. The summed E-state index contributed by atoms with van der Waals surface area (Å²) in [4.78, 5) is 22.9. The van der Waals surface area contributed by atoms with Gasteiger partial charge in [0.1, 0.15) is 0 Å². The Hall–Kier alpha value is -1.06. The Morgan fingerprint density at radius 2 is 1.69 bits per heavy atom. The molecule has 0 aliphatic rings. The summed E-state index contributed by atoms with van der Waals surface area (Å²) in [6.07, 6.45) is 2.74. The van der Waals surface area contributed by atoms with Crippen LogP contribution in [0, 0.1) is 5.92 Å². The van der Waals surface area contributed by atoms with Crippen LogP contribution in [-0.4, -0.2) is 25.2 Å². The first-order chi connectivity index (χ1) is 7.65. The standard InChI is InChI=1S/C12H22O4/c1-4-7-8-10(12(14)16-6-3)9-11(13)15-5-2/h10H,4-9H2,1-3H3. The van der Waals surface area contributed by atoms with Gasteiger partial charge >= 0.3 is 11.9 Å². The third kappa shape index (κ3) is 6.43. The van der Waals surface area contributed by atoms with Gasteiger partial charge in [-0.25, -0.2) is 0 Å². The molecule has 0 aliphatic carbocycles. The van der Waals surface area contributed by atoms with Gasteiger partial charge in [0.05, 0.1) is 25.6 Å². The molecule has 4 heteroatoms. The largest absolute Gasteiger partial charge is 0.466 e. The average molecular weight is 230 g/mol. The summed E-state index contributed by atoms with van der Waals surface area (Å²) >= 11 is 0. The van der Waals surface area contributed by atoms with Gasteiger partial charge in [0.25, 0.3) is 0 Å². The molecule has 0 spiro atoms. The summed E-state index contributed by atoms with van der Waals surface area (Å²) in [6.45, 7) is 6.27. The minimum Gasteiger partial charge on any atom is -0.466 e. The molecule has 0 bridgehead atoms. The van der Waals surface area contributed by atoms with Crippen molar-refractivity contribution in [3.63, 3.8) is 0 Å². The second-order valence-electron chi connectivity index (χ2n) is 3.60. The maximum atomic E-state index is 11.6. The van der Waals surface area contributed by atoms with Crippen molar-refractivity contribution in [1.82, 2.24) is 0 Å². The van der Waals surface area contributed by atoms with E-state index < -0.39 is 0 Å². The van der Waals surface area contributed by atoms with Crippen molar-refractivity contribution in [3.8, 4) is 0 Å². The van der Waals surface area contributed by atoms with E-state index in [0.29, 0.717) is 19.6 Å². The molecule has 0 aliphatic heterocycles. The van der Waals surface area contributed by atoms with Crippen LogP contribution in [0.4, 0.5) is 0 Å². The zero-order valence-corrected chi connectivity index (χ0v) is 10.5. The minimum absolute atomic E-state index is 0.132. The lowest BCUT2D eigenvalue weighted by atomic mass is 9.99. The van der Waals surface area contributed by atoms with Gasteiger partial charge < -0.3 is 9.47 Å². The van der Waals surface area contributed by atoms with Crippen molar-refractivity contribution in [2.75, 3.05) is 13.2 Å². The summed E-state index contributed by atoms with van der Waals surface area (Å²) in [7, 11) is 0. The van der Waals surface area contributed by atoms with E-state index in [0.717, 1.165) is 12.8 Å². The Bertz CT molecular complexity index is 213. The summed E-state index contributed by atoms with van der Waals surface area (Å²) < 4.78 is 9.77. The van der Waals surface area contributed by atoms with Crippen LogP contribution in [-0.2, 0) is 19.1 Å². The Morgan fingerprint density at radius 3 is 2.19 bits per heavy atom. The van der Waals surface area contributed by atoms with E-state index in [-0.39, 0.29) is 24.3 Å². The second kappa shape index (κ2) is 9.19. The molecule has 0 rings (SSSR count). The normalized spacial score (nSPS) is 11.9. The van der Waals surface area contributed by atoms with Gasteiger partial charge in [0.2, 0.25) is 0 Å². The van der Waals surface area contributed by atoms with Crippen LogP contribution in [0.1, 0.15) is 46.5 Å². The molecule has 0 saturated carbocycles. The first kappa shape index (κ1) is 14.9. The highest BCUT2D eigenvalue weighted by Crippen LogP contribution is 2.15. The predicted molar refractivity (Wildman–Crippen MR) is 60.9 cm³/mol. The van der Waals surface area contributed by atoms with E-state index in [1.54, 1.807) is 13.8 Å². The lowest BCUT2D eigenvalue weighted by Crippen LogP contribution is -2.22. The van der Waals surface area contributed by atoms with Gasteiger partial charge in [-0.05, 0) is 20.3 Å². The molecule has 0 aromatic heterocycles. The van der Waals surface area contributed by atoms with Gasteiger partial charge in [-0.15, -0.1) is 0 Å². The van der Waals surface area contributed by atoms with Crippen molar-refractivity contribution in [2.45, 2.75) is 46.5 Å². The summed E-state index contributed by atoms with van der Waals surface area (Å²) in [5.74, 6) is -0.959. The number of carbonyl (C=O) groups is 2. The lowest BCUT2D eigenvalue weighted by molar-refractivity contribution is -0.155. The van der Waals surface area contributed by atoms with E-state index >= 15 is 0 Å². The number of carbonyl (C=O) groups excluding carboxylic acids is 2. The number of unbranched alkanes of at least 4 members (excludes halogenated alkanes) is 1. The number of esters is 2. The Balaban J connectivity index is 4.18. The zero-order valence-electron chi connectivity index (χ0n) is 10.5. The molecule has 0 fully saturated rings. The molecule has 94 valence electrons. The second-order valence-corrected chi connectivity index (χ2v) is 3.60. The van der Waals surface area contributed by atoms with Crippen molar-refractivity contribution in [2.24, 2.45) is 5.92 Å². The highest BCUT2D eigenvalue weighted by atomic mass is 16.5. The Kier molecular flexibility index (Phi) is 8.58. The van der Waals surface area contributed by atoms with Crippen LogP contribution in [0.25, 0.3) is 0 Å². The van der Waals surface area contributed by atoms with E-state index in [2.05, 4.69) is 0 Å². The maximum Gasteiger partial charge on any atom is 0.309 e. The van der Waals surface area contributed by atoms with Crippen LogP contribution in [0.3, 0.4) is 0 Å². The van der Waals surface area contributed by atoms with E-state index in [4.69, 9.17) is 9.47 Å². The van der Waals surface area contributed by atoms with Crippen molar-refractivity contribution in [3.05, 3.63) is 0 Å². The molecule has 0 heterocycles. The Morgan fingerprint density at radius 1 is 1.06 bits per heavy atom. The molecule has 0 amide bonds. The number of ether oxygens (including phenoxy) is 2. The minimum atomic E-state index is -0.348. The average Bonchev–Trinajstić information content (AvgIpc) is 2.24. The molecule has 0 aromatic rings. The molecule has 4 nitrogen and oxygen atoms in total. The first-order valence-corrected chi connectivity index (χ1v) is 5.97. The molecule has 1 unspecified atom stereocenters. The van der Waals surface area contributed by atoms with Gasteiger partial charge in [0, 0.05) is 0 Å². The quantitative estimate of drug-likeness (QED) is 0.600. The topological polar surface area (TPSA) is 52.6 Å². The maximum absolute atomic E-state index is 11.6. The number of hydrogen-bond acceptors (Lipinski definition) is 4. The molecule has 1 atom stereocenters. The molecule has 0 radical (unpaired) electrons. The van der Waals surface area contributed by atoms with Crippen LogP contribution >= 0.6 is 0 Å². The van der Waals surface area contributed by atoms with Crippen LogP contribution in [0.5, 0.6) is 0 Å². The van der Waals surface area contributed by atoms with Crippen molar-refractivity contribution < 1.29 is 19.1 Å². The van der Waals surface area contributed by atoms with E-state index in [9.17, 15) is 9.59 Å². The van der Waals surface area contributed by atoms with Crippen molar-refractivity contribution in [1.29, 1.82) is 0 Å². The molecule has 0 N–H and O–H groups in total. The lowest BCUT2D eigenvalue weighted by Gasteiger charge is -2.14. The fourth-order valence-corrected chi connectivity index (χ4v) is 1.43. The third-order valence-corrected chi connectivity index (χ3v) is 2.24. The SMILES string of the molecule is CCCCC(CC(=O)OCC)C(=O)OCC. The van der Waals surface area contributed by atoms with Crippen LogP contribution in [0.15, 0.2) is 0 Å². The van der Waals surface area contributed by atoms with Crippen LogP contribution < -0.4 is 0 Å². The molecule has 0 saturated heterocycles. The number of hydrogen-bond donors (Lipinski definition) is 0. The highest BCUT2D eigenvalue weighted by Gasteiger charge is 2.23.